The fraction of sp³-hybridized carbons (Fsp3) is 0.250. The van der Waals surface area contributed by atoms with Gasteiger partial charge in [0, 0.05) is 5.56 Å². The molecule has 4 heteroatoms. The normalized spacial score (nSPS) is 12.1. The van der Waals surface area contributed by atoms with Gasteiger partial charge in [0.15, 0.2) is 0 Å². The molecule has 0 spiro atoms. The molecule has 0 radical (unpaired) electrons. The van der Waals surface area contributed by atoms with Crippen molar-refractivity contribution in [2.75, 3.05) is 14.2 Å². The third-order valence-electron chi connectivity index (χ3n) is 3.21. The molecule has 0 aliphatic carbocycles. The van der Waals surface area contributed by atoms with Crippen molar-refractivity contribution >= 4 is 11.6 Å². The highest BCUT2D eigenvalue weighted by molar-refractivity contribution is 6.23. The topological polar surface area (TPSA) is 18.5 Å². The molecule has 1 atom stereocenters. The first kappa shape index (κ1) is 14.7. The fourth-order valence-corrected chi connectivity index (χ4v) is 2.54. The van der Waals surface area contributed by atoms with Crippen molar-refractivity contribution in [3.8, 4) is 11.5 Å². The second kappa shape index (κ2) is 6.14. The van der Waals surface area contributed by atoms with Gasteiger partial charge in [0.1, 0.15) is 17.3 Å². The van der Waals surface area contributed by atoms with Gasteiger partial charge >= 0.3 is 0 Å². The van der Waals surface area contributed by atoms with Crippen molar-refractivity contribution in [1.82, 2.24) is 0 Å². The first-order valence-electron chi connectivity index (χ1n) is 6.19. The molecule has 0 bridgehead atoms. The zero-order valence-corrected chi connectivity index (χ0v) is 12.4. The molecular weight excluding hydrogens is 279 g/mol. The molecule has 2 aromatic rings. The molecule has 2 aromatic carbocycles. The van der Waals surface area contributed by atoms with Crippen LogP contribution < -0.4 is 9.47 Å². The molecule has 0 amide bonds. The number of alkyl halides is 1. The van der Waals surface area contributed by atoms with Gasteiger partial charge in [0.25, 0.3) is 0 Å². The molecule has 106 valence electrons. The van der Waals surface area contributed by atoms with Crippen molar-refractivity contribution < 1.29 is 13.9 Å². The highest BCUT2D eigenvalue weighted by atomic mass is 35.5. The maximum Gasteiger partial charge on any atom is 0.124 e. The standard InChI is InChI=1S/C16H16ClFO2/c1-10-8-11(18)4-6-13(10)16(17)14-9-12(19-2)5-7-15(14)20-3/h4-9,16H,1-3H3. The SMILES string of the molecule is COc1ccc(OC)c(C(Cl)c2ccc(F)cc2C)c1. The number of benzene rings is 2. The van der Waals surface area contributed by atoms with Crippen LogP contribution in [0.4, 0.5) is 4.39 Å². The van der Waals surface area contributed by atoms with Crippen LogP contribution in [0.2, 0.25) is 0 Å². The number of halogens is 2. The molecule has 2 nitrogen and oxygen atoms in total. The third-order valence-corrected chi connectivity index (χ3v) is 3.69. The van der Waals surface area contributed by atoms with Gasteiger partial charge < -0.3 is 9.47 Å². The Morgan fingerprint density at radius 3 is 2.35 bits per heavy atom. The lowest BCUT2D eigenvalue weighted by Crippen LogP contribution is -2.00. The molecule has 0 aliphatic heterocycles. The molecule has 1 unspecified atom stereocenters. The van der Waals surface area contributed by atoms with Crippen LogP contribution in [0.25, 0.3) is 0 Å². The summed E-state index contributed by atoms with van der Waals surface area (Å²) in [5, 5.41) is -0.430. The Morgan fingerprint density at radius 2 is 1.75 bits per heavy atom. The van der Waals surface area contributed by atoms with Crippen molar-refractivity contribution in [2.24, 2.45) is 0 Å². The monoisotopic (exact) mass is 294 g/mol. The van der Waals surface area contributed by atoms with Gasteiger partial charge in [-0.25, -0.2) is 4.39 Å². The van der Waals surface area contributed by atoms with Crippen molar-refractivity contribution in [3.63, 3.8) is 0 Å². The maximum absolute atomic E-state index is 13.2. The summed E-state index contributed by atoms with van der Waals surface area (Å²) in [6.45, 7) is 1.83. The van der Waals surface area contributed by atoms with E-state index in [-0.39, 0.29) is 5.82 Å². The third kappa shape index (κ3) is 2.88. The second-order valence-corrected chi connectivity index (χ2v) is 4.91. The number of rotatable bonds is 4. The predicted molar refractivity (Wildman–Crippen MR) is 78.4 cm³/mol. The van der Waals surface area contributed by atoms with Crippen LogP contribution in [0.15, 0.2) is 36.4 Å². The minimum Gasteiger partial charge on any atom is -0.497 e. The van der Waals surface area contributed by atoms with E-state index in [2.05, 4.69) is 0 Å². The number of hydrogen-bond donors (Lipinski definition) is 0. The van der Waals surface area contributed by atoms with E-state index in [1.54, 1.807) is 20.3 Å². The van der Waals surface area contributed by atoms with Gasteiger partial charge in [0.05, 0.1) is 19.6 Å². The van der Waals surface area contributed by atoms with Crippen LogP contribution >= 0.6 is 11.6 Å². The van der Waals surface area contributed by atoms with Gasteiger partial charge in [0.2, 0.25) is 0 Å². The molecule has 0 saturated carbocycles. The first-order valence-corrected chi connectivity index (χ1v) is 6.62. The largest absolute Gasteiger partial charge is 0.497 e. The van der Waals surface area contributed by atoms with Crippen LogP contribution in [0, 0.1) is 12.7 Å². The van der Waals surface area contributed by atoms with Gasteiger partial charge in [-0.1, -0.05) is 6.07 Å². The Hall–Kier alpha value is -1.74. The number of aryl methyl sites for hydroxylation is 1. The average Bonchev–Trinajstić information content (AvgIpc) is 2.46. The van der Waals surface area contributed by atoms with E-state index in [0.29, 0.717) is 11.5 Å². The zero-order chi connectivity index (χ0) is 14.7. The summed E-state index contributed by atoms with van der Waals surface area (Å²) in [4.78, 5) is 0. The number of hydrogen-bond acceptors (Lipinski definition) is 2. The Bertz CT molecular complexity index is 613. The smallest absolute Gasteiger partial charge is 0.124 e. The van der Waals surface area contributed by atoms with Gasteiger partial charge in [-0.15, -0.1) is 11.6 Å². The molecule has 0 heterocycles. The minimum atomic E-state index is -0.430. The van der Waals surface area contributed by atoms with Gasteiger partial charge in [-0.05, 0) is 48.4 Å². The van der Waals surface area contributed by atoms with E-state index in [0.717, 1.165) is 16.7 Å². The summed E-state index contributed by atoms with van der Waals surface area (Å²) in [7, 11) is 3.18. The molecule has 0 aliphatic rings. The van der Waals surface area contributed by atoms with Crippen LogP contribution in [0.1, 0.15) is 22.1 Å². The average molecular weight is 295 g/mol. The summed E-state index contributed by atoms with van der Waals surface area (Å²) < 4.78 is 23.7. The predicted octanol–water partition coefficient (Wildman–Crippen LogP) is 4.48. The highest BCUT2D eigenvalue weighted by Gasteiger charge is 2.18. The van der Waals surface area contributed by atoms with Crippen molar-refractivity contribution in [1.29, 1.82) is 0 Å². The van der Waals surface area contributed by atoms with Crippen LogP contribution in [0.5, 0.6) is 11.5 Å². The van der Waals surface area contributed by atoms with E-state index in [1.807, 2.05) is 25.1 Å². The number of ether oxygens (including phenoxy) is 2. The van der Waals surface area contributed by atoms with Crippen LogP contribution in [-0.2, 0) is 0 Å². The zero-order valence-electron chi connectivity index (χ0n) is 11.6. The lowest BCUT2D eigenvalue weighted by molar-refractivity contribution is 0.399. The van der Waals surface area contributed by atoms with Crippen molar-refractivity contribution in [3.05, 3.63) is 58.9 Å². The van der Waals surface area contributed by atoms with Crippen molar-refractivity contribution in [2.45, 2.75) is 12.3 Å². The quantitative estimate of drug-likeness (QED) is 0.774. The molecule has 0 aromatic heterocycles. The Kier molecular flexibility index (Phi) is 4.50. The van der Waals surface area contributed by atoms with Gasteiger partial charge in [-0.2, -0.15) is 0 Å². The Morgan fingerprint density at radius 1 is 1.00 bits per heavy atom. The van der Waals surface area contributed by atoms with E-state index in [9.17, 15) is 4.39 Å². The second-order valence-electron chi connectivity index (χ2n) is 4.47. The van der Waals surface area contributed by atoms with E-state index < -0.39 is 5.38 Å². The Labute approximate surface area is 123 Å². The molecule has 20 heavy (non-hydrogen) atoms. The van der Waals surface area contributed by atoms with E-state index in [1.165, 1.54) is 12.1 Å². The lowest BCUT2D eigenvalue weighted by Gasteiger charge is -2.17. The first-order chi connectivity index (χ1) is 9.56. The summed E-state index contributed by atoms with van der Waals surface area (Å²) in [6.07, 6.45) is 0. The summed E-state index contributed by atoms with van der Waals surface area (Å²) >= 11 is 6.54. The lowest BCUT2D eigenvalue weighted by atomic mass is 9.99. The summed E-state index contributed by atoms with van der Waals surface area (Å²) in [5.41, 5.74) is 2.44. The van der Waals surface area contributed by atoms with Crippen LogP contribution in [-0.4, -0.2) is 14.2 Å². The van der Waals surface area contributed by atoms with Crippen LogP contribution in [0.3, 0.4) is 0 Å². The molecule has 2 rings (SSSR count). The summed E-state index contributed by atoms with van der Waals surface area (Å²) in [6, 6.07) is 10.0. The molecule has 0 saturated heterocycles. The van der Waals surface area contributed by atoms with Gasteiger partial charge in [-0.3, -0.25) is 0 Å². The van der Waals surface area contributed by atoms with E-state index in [4.69, 9.17) is 21.1 Å². The molecule has 0 fully saturated rings. The number of methoxy groups -OCH3 is 2. The van der Waals surface area contributed by atoms with E-state index >= 15 is 0 Å². The fourth-order valence-electron chi connectivity index (χ4n) is 2.13. The summed E-state index contributed by atoms with van der Waals surface area (Å²) in [5.74, 6) is 1.11. The highest BCUT2D eigenvalue weighted by Crippen LogP contribution is 2.38. The Balaban J connectivity index is 2.48. The molecular formula is C16H16ClFO2. The molecule has 0 N–H and O–H groups in total. The minimum absolute atomic E-state index is 0.271. The maximum atomic E-state index is 13.2.